The first-order valence-corrected chi connectivity index (χ1v) is 7.45. The fourth-order valence-corrected chi connectivity index (χ4v) is 2.26. The van der Waals surface area contributed by atoms with Gasteiger partial charge in [-0.3, -0.25) is 0 Å². The average molecular weight is 258 g/mol. The van der Waals surface area contributed by atoms with Crippen molar-refractivity contribution in [3.8, 4) is 0 Å². The topological polar surface area (TPSA) is 35.5 Å². The molecule has 0 aromatic rings. The van der Waals surface area contributed by atoms with Gasteiger partial charge in [-0.05, 0) is 38.6 Å². The lowest BCUT2D eigenvalue weighted by Gasteiger charge is -2.37. The predicted octanol–water partition coefficient (Wildman–Crippen LogP) is 2.49. The zero-order chi connectivity index (χ0) is 14.2. The highest BCUT2D eigenvalue weighted by atomic mass is 16.3. The first-order chi connectivity index (χ1) is 8.35. The summed E-state index contributed by atoms with van der Waals surface area (Å²) in [7, 11) is 2.16. The van der Waals surface area contributed by atoms with Crippen LogP contribution in [0.1, 0.15) is 53.9 Å². The molecule has 2 N–H and O–H groups in total. The van der Waals surface area contributed by atoms with E-state index in [9.17, 15) is 5.11 Å². The summed E-state index contributed by atoms with van der Waals surface area (Å²) < 4.78 is 0. The molecule has 0 rings (SSSR count). The van der Waals surface area contributed by atoms with Crippen LogP contribution in [0.25, 0.3) is 0 Å². The standard InChI is InChI=1S/C15H34N2O/c1-7-15(8-2,11-16-13(3)4)12-17(6)10-9-14(5)18/h13-14,16,18H,7-12H2,1-6H3. The molecule has 0 aliphatic carbocycles. The molecule has 110 valence electrons. The SMILES string of the molecule is CCC(CC)(CNC(C)C)CN(C)CCC(C)O. The molecule has 3 heteroatoms. The number of nitrogens with zero attached hydrogens (tertiary/aromatic N) is 1. The lowest BCUT2D eigenvalue weighted by Crippen LogP contribution is -2.44. The smallest absolute Gasteiger partial charge is 0.0524 e. The molecule has 0 saturated carbocycles. The minimum absolute atomic E-state index is 0.195. The highest BCUT2D eigenvalue weighted by Gasteiger charge is 2.27. The fourth-order valence-electron chi connectivity index (χ4n) is 2.26. The molecular weight excluding hydrogens is 224 g/mol. The molecule has 0 aliphatic heterocycles. The second-order valence-corrected chi connectivity index (χ2v) is 6.12. The van der Waals surface area contributed by atoms with E-state index in [-0.39, 0.29) is 6.10 Å². The van der Waals surface area contributed by atoms with Crippen molar-refractivity contribution in [2.45, 2.75) is 66.0 Å². The van der Waals surface area contributed by atoms with Gasteiger partial charge < -0.3 is 15.3 Å². The summed E-state index contributed by atoms with van der Waals surface area (Å²) in [6.45, 7) is 14.0. The molecule has 0 aromatic heterocycles. The van der Waals surface area contributed by atoms with Gasteiger partial charge in [0.15, 0.2) is 0 Å². The molecule has 1 unspecified atom stereocenters. The van der Waals surface area contributed by atoms with Crippen molar-refractivity contribution in [2.24, 2.45) is 5.41 Å². The molecule has 0 amide bonds. The Morgan fingerprint density at radius 1 is 1.17 bits per heavy atom. The van der Waals surface area contributed by atoms with Gasteiger partial charge in [-0.1, -0.05) is 27.7 Å². The maximum atomic E-state index is 9.35. The van der Waals surface area contributed by atoms with Crippen molar-refractivity contribution >= 4 is 0 Å². The number of rotatable bonds is 10. The maximum absolute atomic E-state index is 9.35. The van der Waals surface area contributed by atoms with Crippen molar-refractivity contribution in [3.05, 3.63) is 0 Å². The third-order valence-corrected chi connectivity index (χ3v) is 3.92. The molecule has 3 nitrogen and oxygen atoms in total. The van der Waals surface area contributed by atoms with Crippen LogP contribution in [0, 0.1) is 5.41 Å². The Labute approximate surface area is 114 Å². The molecule has 0 fully saturated rings. The van der Waals surface area contributed by atoms with E-state index in [1.54, 1.807) is 0 Å². The Bertz CT molecular complexity index is 201. The van der Waals surface area contributed by atoms with Crippen LogP contribution in [0.4, 0.5) is 0 Å². The van der Waals surface area contributed by atoms with Crippen molar-refractivity contribution < 1.29 is 5.11 Å². The van der Waals surface area contributed by atoms with Crippen LogP contribution < -0.4 is 5.32 Å². The summed E-state index contributed by atoms with van der Waals surface area (Å²) >= 11 is 0. The quantitative estimate of drug-likeness (QED) is 0.632. The van der Waals surface area contributed by atoms with Crippen molar-refractivity contribution in [1.29, 1.82) is 0 Å². The molecule has 0 aromatic carbocycles. The summed E-state index contributed by atoms with van der Waals surface area (Å²) in [5.41, 5.74) is 0.359. The summed E-state index contributed by atoms with van der Waals surface area (Å²) in [5, 5.41) is 12.9. The normalized spacial score (nSPS) is 14.5. The number of aliphatic hydroxyl groups excluding tert-OH is 1. The van der Waals surface area contributed by atoms with E-state index in [1.165, 1.54) is 12.8 Å². The van der Waals surface area contributed by atoms with E-state index < -0.39 is 0 Å². The van der Waals surface area contributed by atoms with Crippen LogP contribution in [0.3, 0.4) is 0 Å². The summed E-state index contributed by atoms with van der Waals surface area (Å²) in [6, 6.07) is 0.547. The highest BCUT2D eigenvalue weighted by Crippen LogP contribution is 2.26. The van der Waals surface area contributed by atoms with Gasteiger partial charge in [-0.15, -0.1) is 0 Å². The summed E-state index contributed by atoms with van der Waals surface area (Å²) in [6.07, 6.45) is 3.06. The number of hydrogen-bond acceptors (Lipinski definition) is 3. The van der Waals surface area contributed by atoms with E-state index >= 15 is 0 Å². The van der Waals surface area contributed by atoms with Gasteiger partial charge in [0.2, 0.25) is 0 Å². The third kappa shape index (κ3) is 7.34. The van der Waals surface area contributed by atoms with Crippen LogP contribution in [-0.2, 0) is 0 Å². The Morgan fingerprint density at radius 3 is 2.11 bits per heavy atom. The first-order valence-electron chi connectivity index (χ1n) is 7.45. The molecule has 0 saturated heterocycles. The number of aliphatic hydroxyl groups is 1. The molecule has 0 aliphatic rings. The van der Waals surface area contributed by atoms with E-state index in [0.29, 0.717) is 11.5 Å². The lowest BCUT2D eigenvalue weighted by atomic mass is 9.81. The molecule has 18 heavy (non-hydrogen) atoms. The van der Waals surface area contributed by atoms with Gasteiger partial charge in [0, 0.05) is 25.7 Å². The van der Waals surface area contributed by atoms with Gasteiger partial charge in [-0.25, -0.2) is 0 Å². The Balaban J connectivity index is 4.30. The van der Waals surface area contributed by atoms with Crippen molar-refractivity contribution in [1.82, 2.24) is 10.2 Å². The van der Waals surface area contributed by atoms with Crippen molar-refractivity contribution in [2.75, 3.05) is 26.7 Å². The Morgan fingerprint density at radius 2 is 1.72 bits per heavy atom. The molecule has 0 radical (unpaired) electrons. The van der Waals surface area contributed by atoms with Gasteiger partial charge >= 0.3 is 0 Å². The lowest BCUT2D eigenvalue weighted by molar-refractivity contribution is 0.124. The minimum atomic E-state index is -0.195. The minimum Gasteiger partial charge on any atom is -0.393 e. The third-order valence-electron chi connectivity index (χ3n) is 3.92. The number of hydrogen-bond donors (Lipinski definition) is 2. The van der Waals surface area contributed by atoms with E-state index in [2.05, 4.69) is 45.0 Å². The Hall–Kier alpha value is -0.120. The zero-order valence-electron chi connectivity index (χ0n) is 13.3. The molecular formula is C15H34N2O. The van der Waals surface area contributed by atoms with Gasteiger partial charge in [0.25, 0.3) is 0 Å². The summed E-state index contributed by atoms with van der Waals surface area (Å²) in [5.74, 6) is 0. The van der Waals surface area contributed by atoms with Gasteiger partial charge in [0.1, 0.15) is 0 Å². The van der Waals surface area contributed by atoms with E-state index in [0.717, 1.165) is 26.1 Å². The summed E-state index contributed by atoms with van der Waals surface area (Å²) in [4.78, 5) is 2.36. The molecule has 1 atom stereocenters. The molecule has 0 heterocycles. The second kappa shape index (κ2) is 8.89. The van der Waals surface area contributed by atoms with Crippen LogP contribution in [-0.4, -0.2) is 48.8 Å². The van der Waals surface area contributed by atoms with E-state index in [1.807, 2.05) is 6.92 Å². The molecule has 0 bridgehead atoms. The van der Waals surface area contributed by atoms with Gasteiger partial charge in [-0.2, -0.15) is 0 Å². The largest absolute Gasteiger partial charge is 0.393 e. The van der Waals surface area contributed by atoms with Crippen LogP contribution in [0.5, 0.6) is 0 Å². The van der Waals surface area contributed by atoms with Crippen LogP contribution in [0.15, 0.2) is 0 Å². The highest BCUT2D eigenvalue weighted by molar-refractivity contribution is 4.83. The maximum Gasteiger partial charge on any atom is 0.0524 e. The fraction of sp³-hybridized carbons (Fsp3) is 1.00. The van der Waals surface area contributed by atoms with E-state index in [4.69, 9.17) is 0 Å². The van der Waals surface area contributed by atoms with Crippen molar-refractivity contribution in [3.63, 3.8) is 0 Å². The predicted molar refractivity (Wildman–Crippen MR) is 79.9 cm³/mol. The zero-order valence-corrected chi connectivity index (χ0v) is 13.3. The van der Waals surface area contributed by atoms with Gasteiger partial charge in [0.05, 0.1) is 6.10 Å². The average Bonchev–Trinajstić information content (AvgIpc) is 2.32. The second-order valence-electron chi connectivity index (χ2n) is 6.12. The molecule has 0 spiro atoms. The van der Waals surface area contributed by atoms with Crippen LogP contribution >= 0.6 is 0 Å². The van der Waals surface area contributed by atoms with Crippen LogP contribution in [0.2, 0.25) is 0 Å². The first kappa shape index (κ1) is 17.9. The Kier molecular flexibility index (Phi) is 8.83. The monoisotopic (exact) mass is 258 g/mol. The number of nitrogens with one attached hydrogen (secondary N) is 1.